The summed E-state index contributed by atoms with van der Waals surface area (Å²) in [6, 6.07) is 10.7. The number of likely N-dealkylation sites (tertiary alicyclic amines) is 1. The first-order chi connectivity index (χ1) is 13.2. The van der Waals surface area contributed by atoms with Crippen molar-refractivity contribution in [2.75, 3.05) is 37.8 Å². The molecule has 0 aliphatic carbocycles. The zero-order valence-electron chi connectivity index (χ0n) is 16.1. The van der Waals surface area contributed by atoms with Gasteiger partial charge in [0.2, 0.25) is 0 Å². The third-order valence-electron chi connectivity index (χ3n) is 5.17. The zero-order valence-corrected chi connectivity index (χ0v) is 16.9. The van der Waals surface area contributed by atoms with Gasteiger partial charge in [-0.25, -0.2) is 18.2 Å². The number of aromatic nitrogens is 1. The highest BCUT2D eigenvalue weighted by Crippen LogP contribution is 2.24. The molecule has 1 aliphatic rings. The Kier molecular flexibility index (Phi) is 5.88. The minimum Gasteiger partial charge on any atom is -0.465 e. The van der Waals surface area contributed by atoms with Crippen LogP contribution in [0.2, 0.25) is 0 Å². The van der Waals surface area contributed by atoms with Crippen molar-refractivity contribution in [3.63, 3.8) is 0 Å². The molecule has 7 nitrogen and oxygen atoms in total. The van der Waals surface area contributed by atoms with E-state index in [0.717, 1.165) is 36.3 Å². The van der Waals surface area contributed by atoms with Crippen molar-refractivity contribution in [3.8, 4) is 11.1 Å². The predicted octanol–water partition coefficient (Wildman–Crippen LogP) is 2.98. The summed E-state index contributed by atoms with van der Waals surface area (Å²) in [5.41, 5.74) is 1.84. The van der Waals surface area contributed by atoms with Gasteiger partial charge in [-0.15, -0.1) is 0 Å². The summed E-state index contributed by atoms with van der Waals surface area (Å²) in [5, 5.41) is 9.03. The summed E-state index contributed by atoms with van der Waals surface area (Å²) in [7, 11) is -1.21. The molecule has 1 amide bonds. The van der Waals surface area contributed by atoms with Crippen LogP contribution < -0.4 is 4.90 Å². The van der Waals surface area contributed by atoms with Crippen molar-refractivity contribution >= 4 is 21.7 Å². The fourth-order valence-electron chi connectivity index (χ4n) is 3.46. The van der Waals surface area contributed by atoms with Crippen LogP contribution in [0.1, 0.15) is 12.8 Å². The van der Waals surface area contributed by atoms with Gasteiger partial charge in [-0.3, -0.25) is 0 Å². The Morgan fingerprint density at radius 2 is 1.75 bits per heavy atom. The van der Waals surface area contributed by atoms with Gasteiger partial charge in [0.15, 0.2) is 9.84 Å². The Hall–Kier alpha value is -2.61. The van der Waals surface area contributed by atoms with Gasteiger partial charge >= 0.3 is 6.09 Å². The van der Waals surface area contributed by atoms with E-state index in [4.69, 9.17) is 5.11 Å². The third kappa shape index (κ3) is 4.81. The number of rotatable bonds is 5. The number of carboxylic acid groups (broad SMARTS) is 1. The van der Waals surface area contributed by atoms with E-state index in [1.807, 2.05) is 19.2 Å². The number of pyridine rings is 1. The fraction of sp³-hybridized carbons (Fsp3) is 0.400. The van der Waals surface area contributed by atoms with Crippen molar-refractivity contribution in [1.82, 2.24) is 9.88 Å². The molecule has 0 bridgehead atoms. The molecular weight excluding hydrogens is 378 g/mol. The van der Waals surface area contributed by atoms with Gasteiger partial charge in [0, 0.05) is 44.7 Å². The molecular formula is C20H25N3O4S. The zero-order chi connectivity index (χ0) is 20.3. The minimum atomic E-state index is -3.20. The first kappa shape index (κ1) is 20.1. The second-order valence-electron chi connectivity index (χ2n) is 7.30. The number of hydrogen-bond acceptors (Lipinski definition) is 5. The molecule has 1 aromatic heterocycles. The predicted molar refractivity (Wildman–Crippen MR) is 108 cm³/mol. The van der Waals surface area contributed by atoms with E-state index in [1.54, 1.807) is 30.5 Å². The number of sulfone groups is 1. The lowest BCUT2D eigenvalue weighted by Crippen LogP contribution is -2.40. The molecule has 0 radical (unpaired) electrons. The normalized spacial score (nSPS) is 15.4. The topological polar surface area (TPSA) is 90.8 Å². The molecule has 2 aromatic rings. The number of nitrogens with zero attached hydrogens (tertiary/aromatic N) is 3. The molecule has 8 heteroatoms. The fourth-order valence-corrected chi connectivity index (χ4v) is 4.10. The minimum absolute atomic E-state index is 0.300. The maximum atomic E-state index is 11.6. The summed E-state index contributed by atoms with van der Waals surface area (Å²) in [6.45, 7) is 2.01. The molecule has 1 saturated heterocycles. The molecule has 1 aliphatic heterocycles. The van der Waals surface area contributed by atoms with Crippen LogP contribution in [0, 0.1) is 5.92 Å². The Balaban J connectivity index is 1.61. The summed E-state index contributed by atoms with van der Waals surface area (Å²) in [4.78, 5) is 19.4. The smallest absolute Gasteiger partial charge is 0.407 e. The van der Waals surface area contributed by atoms with Crippen molar-refractivity contribution < 1.29 is 18.3 Å². The molecule has 150 valence electrons. The van der Waals surface area contributed by atoms with E-state index < -0.39 is 15.9 Å². The van der Waals surface area contributed by atoms with Crippen molar-refractivity contribution in [3.05, 3.63) is 42.6 Å². The number of anilines is 1. The lowest BCUT2D eigenvalue weighted by Gasteiger charge is -2.32. The van der Waals surface area contributed by atoms with Gasteiger partial charge in [0.25, 0.3) is 0 Å². The van der Waals surface area contributed by atoms with Gasteiger partial charge in [-0.1, -0.05) is 12.1 Å². The lowest BCUT2D eigenvalue weighted by molar-refractivity contribution is 0.125. The lowest BCUT2D eigenvalue weighted by atomic mass is 9.96. The molecule has 0 spiro atoms. The third-order valence-corrected chi connectivity index (χ3v) is 6.30. The van der Waals surface area contributed by atoms with E-state index in [2.05, 4.69) is 9.88 Å². The maximum absolute atomic E-state index is 11.6. The first-order valence-electron chi connectivity index (χ1n) is 9.19. The number of benzene rings is 1. The Labute approximate surface area is 165 Å². The van der Waals surface area contributed by atoms with Crippen molar-refractivity contribution in [2.45, 2.75) is 17.7 Å². The molecule has 0 unspecified atom stereocenters. The average molecular weight is 404 g/mol. The van der Waals surface area contributed by atoms with E-state index in [1.165, 1.54) is 11.2 Å². The van der Waals surface area contributed by atoms with E-state index >= 15 is 0 Å². The molecule has 1 aromatic carbocycles. The molecule has 28 heavy (non-hydrogen) atoms. The number of carbonyl (C=O) groups is 1. The van der Waals surface area contributed by atoms with Crippen LogP contribution in [0.5, 0.6) is 0 Å². The Morgan fingerprint density at radius 1 is 1.14 bits per heavy atom. The van der Waals surface area contributed by atoms with Crippen LogP contribution in [0.25, 0.3) is 11.1 Å². The molecule has 0 saturated carbocycles. The summed E-state index contributed by atoms with van der Waals surface area (Å²) >= 11 is 0. The second kappa shape index (κ2) is 8.18. The monoisotopic (exact) mass is 403 g/mol. The van der Waals surface area contributed by atoms with E-state index in [9.17, 15) is 13.2 Å². The highest BCUT2D eigenvalue weighted by molar-refractivity contribution is 7.90. The summed E-state index contributed by atoms with van der Waals surface area (Å²) in [6.07, 6.45) is 3.87. The number of amides is 1. The largest absolute Gasteiger partial charge is 0.465 e. The van der Waals surface area contributed by atoms with Gasteiger partial charge in [-0.05, 0) is 48.6 Å². The van der Waals surface area contributed by atoms with Crippen LogP contribution in [0.3, 0.4) is 0 Å². The molecule has 0 atom stereocenters. The summed E-state index contributed by atoms with van der Waals surface area (Å²) in [5.74, 6) is 1.31. The van der Waals surface area contributed by atoms with Gasteiger partial charge in [0.1, 0.15) is 5.82 Å². The molecule has 3 rings (SSSR count). The van der Waals surface area contributed by atoms with Crippen LogP contribution >= 0.6 is 0 Å². The van der Waals surface area contributed by atoms with E-state index in [0.29, 0.717) is 23.9 Å². The molecule has 1 N–H and O–H groups in total. The Morgan fingerprint density at radius 3 is 2.25 bits per heavy atom. The quantitative estimate of drug-likeness (QED) is 0.825. The standard InChI is InChI=1S/C20H25N3O4S/c1-22(14-15-9-11-23(12-10-15)20(24)25)19-8-5-17(13-21-19)16-3-6-18(7-4-16)28(2,26)27/h3-8,13,15H,9-12,14H2,1-2H3,(H,24,25). The average Bonchev–Trinajstić information content (AvgIpc) is 2.68. The van der Waals surface area contributed by atoms with Crippen LogP contribution in [-0.4, -0.2) is 62.4 Å². The van der Waals surface area contributed by atoms with Crippen LogP contribution in [0.15, 0.2) is 47.5 Å². The van der Waals surface area contributed by atoms with E-state index in [-0.39, 0.29) is 0 Å². The highest BCUT2D eigenvalue weighted by Gasteiger charge is 2.23. The maximum Gasteiger partial charge on any atom is 0.407 e. The molecule has 1 fully saturated rings. The van der Waals surface area contributed by atoms with Crippen molar-refractivity contribution in [2.24, 2.45) is 5.92 Å². The second-order valence-corrected chi connectivity index (χ2v) is 9.31. The van der Waals surface area contributed by atoms with Crippen LogP contribution in [0.4, 0.5) is 10.6 Å². The number of hydrogen-bond donors (Lipinski definition) is 1. The Bertz CT molecular complexity index is 919. The molecule has 2 heterocycles. The highest BCUT2D eigenvalue weighted by atomic mass is 32.2. The van der Waals surface area contributed by atoms with Gasteiger partial charge in [-0.2, -0.15) is 0 Å². The SMILES string of the molecule is CN(CC1CCN(C(=O)O)CC1)c1ccc(-c2ccc(S(C)(=O)=O)cc2)cn1. The first-order valence-corrected chi connectivity index (χ1v) is 11.1. The van der Waals surface area contributed by atoms with Crippen LogP contribution in [-0.2, 0) is 9.84 Å². The summed E-state index contributed by atoms with van der Waals surface area (Å²) < 4.78 is 23.1. The number of piperidine rings is 1. The van der Waals surface area contributed by atoms with Gasteiger partial charge < -0.3 is 14.9 Å². The van der Waals surface area contributed by atoms with Gasteiger partial charge in [0.05, 0.1) is 4.90 Å². The van der Waals surface area contributed by atoms with Crippen molar-refractivity contribution in [1.29, 1.82) is 0 Å².